The van der Waals surface area contributed by atoms with E-state index in [1.54, 1.807) is 0 Å². The van der Waals surface area contributed by atoms with Crippen LogP contribution in [0, 0.1) is 0 Å². The molecule has 0 bridgehead atoms. The number of carbonyl (C=O) groups is 3. The van der Waals surface area contributed by atoms with E-state index < -0.39 is 30.2 Å². The van der Waals surface area contributed by atoms with Crippen molar-refractivity contribution >= 4 is 18.0 Å². The first-order chi connectivity index (χ1) is 25.2. The third-order valence-electron chi connectivity index (χ3n) is 5.66. The van der Waals surface area contributed by atoms with Gasteiger partial charge in [0.2, 0.25) is 5.91 Å². The smallest absolute Gasteiger partial charge is 0.407 e. The monoisotopic (exact) mass is 760 g/mol. The Labute approximate surface area is 307 Å². The predicted molar refractivity (Wildman–Crippen MR) is 185 cm³/mol. The van der Waals surface area contributed by atoms with Crippen LogP contribution >= 0.6 is 0 Å². The third-order valence-corrected chi connectivity index (χ3v) is 5.66. The van der Waals surface area contributed by atoms with Gasteiger partial charge in [-0.1, -0.05) is 0 Å². The first-order valence-corrected chi connectivity index (χ1v) is 17.6. The van der Waals surface area contributed by atoms with Gasteiger partial charge in [0, 0.05) is 13.1 Å². The third kappa shape index (κ3) is 43.9. The predicted octanol–water partition coefficient (Wildman–Crippen LogP) is -0.0889. The highest BCUT2D eigenvalue weighted by Crippen LogP contribution is 2.06. The van der Waals surface area contributed by atoms with Gasteiger partial charge in [0.1, 0.15) is 18.8 Å². The summed E-state index contributed by atoms with van der Waals surface area (Å²) >= 11 is 0. The van der Waals surface area contributed by atoms with Crippen molar-refractivity contribution in [2.45, 2.75) is 26.4 Å². The number of aliphatic carboxylic acids is 1. The number of carbonyl (C=O) groups excluding carboxylic acids is 2. The SMILES string of the molecule is CC(C)(C)OC(=O)NCCOCCOCCOCCOCCOCCOCCOCCOCCOCCOCCOCCNC(=O)COCC(=O)O. The molecule has 3 N–H and O–H groups in total. The van der Waals surface area contributed by atoms with Gasteiger partial charge in [-0.05, 0) is 20.8 Å². The highest BCUT2D eigenvalue weighted by Gasteiger charge is 2.15. The number of carboxylic acid groups (broad SMARTS) is 1. The maximum atomic E-state index is 11.5. The molecule has 0 aromatic carbocycles. The van der Waals surface area contributed by atoms with E-state index in [1.165, 1.54) is 0 Å². The fourth-order valence-corrected chi connectivity index (χ4v) is 3.39. The molecule has 0 aliphatic rings. The van der Waals surface area contributed by atoms with Crippen LogP contribution in [-0.4, -0.2) is 200 Å². The minimum Gasteiger partial charge on any atom is -0.480 e. The first kappa shape index (κ1) is 49.7. The average molecular weight is 761 g/mol. The van der Waals surface area contributed by atoms with Crippen LogP contribution in [0.15, 0.2) is 0 Å². The number of ether oxygens (including phenoxy) is 13. The lowest BCUT2D eigenvalue weighted by Gasteiger charge is -2.19. The van der Waals surface area contributed by atoms with Crippen LogP contribution < -0.4 is 10.6 Å². The number of rotatable bonds is 40. The number of carboxylic acids is 1. The van der Waals surface area contributed by atoms with E-state index in [2.05, 4.69) is 15.4 Å². The van der Waals surface area contributed by atoms with Gasteiger partial charge in [0.25, 0.3) is 0 Å². The second-order valence-electron chi connectivity index (χ2n) is 11.4. The molecule has 0 radical (unpaired) electrons. The van der Waals surface area contributed by atoms with E-state index >= 15 is 0 Å². The topological polar surface area (TPSA) is 215 Å². The van der Waals surface area contributed by atoms with Crippen molar-refractivity contribution in [3.8, 4) is 0 Å². The molecule has 2 amide bonds. The van der Waals surface area contributed by atoms with Crippen LogP contribution in [0.2, 0.25) is 0 Å². The first-order valence-electron chi connectivity index (χ1n) is 17.6. The lowest BCUT2D eigenvalue weighted by molar-refractivity contribution is -0.143. The van der Waals surface area contributed by atoms with Gasteiger partial charge in [0.05, 0.1) is 145 Å². The molecule has 0 unspecified atom stereocenters. The molecule has 0 atom stereocenters. The summed E-state index contributed by atoms with van der Waals surface area (Å²) in [6, 6.07) is 0. The molecule has 0 saturated carbocycles. The van der Waals surface area contributed by atoms with Crippen molar-refractivity contribution in [2.24, 2.45) is 0 Å². The molecule has 0 saturated heterocycles. The molecular formula is C33H64N2O17. The zero-order chi connectivity index (χ0) is 38.2. The quantitative estimate of drug-likeness (QED) is 0.0696. The summed E-state index contributed by atoms with van der Waals surface area (Å²) in [5.41, 5.74) is -0.520. The summed E-state index contributed by atoms with van der Waals surface area (Å²) in [7, 11) is 0. The second-order valence-corrected chi connectivity index (χ2v) is 11.4. The second kappa shape index (κ2) is 38.5. The lowest BCUT2D eigenvalue weighted by atomic mass is 10.2. The van der Waals surface area contributed by atoms with Gasteiger partial charge in [-0.2, -0.15) is 0 Å². The molecule has 52 heavy (non-hydrogen) atoms. The Morgan fingerprint density at radius 3 is 0.942 bits per heavy atom. The van der Waals surface area contributed by atoms with Crippen LogP contribution in [0.4, 0.5) is 4.79 Å². The Kier molecular flexibility index (Phi) is 36.8. The standard InChI is InChI=1S/C33H64N2O17/c1-33(2,3)52-32(39)35-5-7-41-9-11-43-13-15-45-17-19-47-21-23-49-25-27-50-26-24-48-22-20-46-18-16-44-14-12-42-10-8-40-6-4-34-30(36)28-51-29-31(37)38/h4-29H2,1-3H3,(H,34,36)(H,35,39)(H,37,38). The molecule has 308 valence electrons. The molecule has 0 heterocycles. The molecular weight excluding hydrogens is 696 g/mol. The van der Waals surface area contributed by atoms with Gasteiger partial charge < -0.3 is 77.3 Å². The summed E-state index contributed by atoms with van der Waals surface area (Å²) < 4.78 is 69.5. The summed E-state index contributed by atoms with van der Waals surface area (Å²) in [4.78, 5) is 33.1. The van der Waals surface area contributed by atoms with E-state index in [0.29, 0.717) is 158 Å². The minimum absolute atomic E-state index is 0.295. The van der Waals surface area contributed by atoms with Gasteiger partial charge >= 0.3 is 12.1 Å². The van der Waals surface area contributed by atoms with Crippen LogP contribution in [0.1, 0.15) is 20.8 Å². The van der Waals surface area contributed by atoms with Crippen molar-refractivity contribution in [3.05, 3.63) is 0 Å². The Morgan fingerprint density at radius 1 is 0.404 bits per heavy atom. The van der Waals surface area contributed by atoms with Crippen LogP contribution in [0.3, 0.4) is 0 Å². The van der Waals surface area contributed by atoms with Crippen molar-refractivity contribution < 1.29 is 81.1 Å². The normalized spacial score (nSPS) is 11.5. The number of hydrogen-bond donors (Lipinski definition) is 3. The van der Waals surface area contributed by atoms with Crippen LogP contribution in [0.5, 0.6) is 0 Å². The average Bonchev–Trinajstić information content (AvgIpc) is 3.08. The molecule has 19 heteroatoms. The van der Waals surface area contributed by atoms with Crippen molar-refractivity contribution in [1.29, 1.82) is 0 Å². The lowest BCUT2D eigenvalue weighted by Crippen LogP contribution is -2.34. The zero-order valence-electron chi connectivity index (χ0n) is 31.4. The molecule has 0 aliphatic heterocycles. The number of hydrogen-bond acceptors (Lipinski definition) is 16. The van der Waals surface area contributed by atoms with Crippen molar-refractivity contribution in [1.82, 2.24) is 10.6 Å². The van der Waals surface area contributed by atoms with E-state index in [1.807, 2.05) is 20.8 Å². The largest absolute Gasteiger partial charge is 0.480 e. The van der Waals surface area contributed by atoms with Crippen LogP contribution in [-0.2, 0) is 71.2 Å². The molecule has 0 rings (SSSR count). The molecule has 19 nitrogen and oxygen atoms in total. The zero-order valence-corrected chi connectivity index (χ0v) is 31.4. The van der Waals surface area contributed by atoms with Gasteiger partial charge in [0.15, 0.2) is 0 Å². The minimum atomic E-state index is -1.13. The summed E-state index contributed by atoms with van der Waals surface area (Å²) in [6.45, 7) is 15.0. The van der Waals surface area contributed by atoms with E-state index in [9.17, 15) is 14.4 Å². The molecule has 0 aromatic heterocycles. The van der Waals surface area contributed by atoms with Crippen LogP contribution in [0.25, 0.3) is 0 Å². The Balaban J connectivity index is 3.13. The Hall–Kier alpha value is -2.27. The molecule has 0 aromatic rings. The maximum absolute atomic E-state index is 11.5. The maximum Gasteiger partial charge on any atom is 0.407 e. The summed E-state index contributed by atoms with van der Waals surface area (Å²) in [5.74, 6) is -1.53. The van der Waals surface area contributed by atoms with Gasteiger partial charge in [-0.3, -0.25) is 4.79 Å². The number of nitrogens with one attached hydrogen (secondary N) is 2. The van der Waals surface area contributed by atoms with E-state index in [4.69, 9.17) is 61.9 Å². The van der Waals surface area contributed by atoms with Crippen molar-refractivity contribution in [3.63, 3.8) is 0 Å². The Bertz CT molecular complexity index is 820. The highest BCUT2D eigenvalue weighted by atomic mass is 16.6. The summed E-state index contributed by atoms with van der Waals surface area (Å²) in [5, 5.41) is 13.6. The molecule has 0 fully saturated rings. The molecule has 0 spiro atoms. The van der Waals surface area contributed by atoms with Crippen molar-refractivity contribution in [2.75, 3.05) is 172 Å². The number of amides is 2. The Morgan fingerprint density at radius 2 is 0.673 bits per heavy atom. The van der Waals surface area contributed by atoms with Gasteiger partial charge in [-0.15, -0.1) is 0 Å². The highest BCUT2D eigenvalue weighted by molar-refractivity contribution is 5.77. The fraction of sp³-hybridized carbons (Fsp3) is 0.909. The van der Waals surface area contributed by atoms with E-state index in [0.717, 1.165) is 0 Å². The summed E-state index contributed by atoms with van der Waals surface area (Å²) in [6.07, 6.45) is -0.461. The van der Waals surface area contributed by atoms with E-state index in [-0.39, 0.29) is 6.61 Å². The number of alkyl carbamates (subject to hydrolysis) is 1. The molecule has 0 aliphatic carbocycles. The van der Waals surface area contributed by atoms with Gasteiger partial charge in [-0.25, -0.2) is 9.59 Å². The fourth-order valence-electron chi connectivity index (χ4n) is 3.39.